The first kappa shape index (κ1) is 16.5. The first-order valence-electron chi connectivity index (χ1n) is 8.09. The highest BCUT2D eigenvalue weighted by atomic mass is 19.1. The van der Waals surface area contributed by atoms with Crippen LogP contribution in [-0.4, -0.2) is 64.8 Å². The molecule has 0 spiro atoms. The van der Waals surface area contributed by atoms with Gasteiger partial charge in [0.1, 0.15) is 12.1 Å². The summed E-state index contributed by atoms with van der Waals surface area (Å²) in [7, 11) is 0. The maximum absolute atomic E-state index is 13.9. The quantitative estimate of drug-likeness (QED) is 0.814. The molecule has 0 saturated carbocycles. The number of aromatic nitrogens is 2. The third-order valence-corrected chi connectivity index (χ3v) is 4.18. The van der Waals surface area contributed by atoms with Crippen molar-refractivity contribution in [3.05, 3.63) is 18.1 Å². The number of carbonyl (C=O) groups is 1. The maximum atomic E-state index is 13.9. The standard InChI is InChI=1S/C16H21FN6O/c1-10(2)14-13(17)15(24)21-16(20-14)23-6-4-22(5-7-23)12-8-11(3)18-9-19-12/h8-10,13H,4-7H2,1-3H3. The van der Waals surface area contributed by atoms with Gasteiger partial charge in [-0.15, -0.1) is 0 Å². The number of hydrogen-bond acceptors (Lipinski definition) is 6. The topological polar surface area (TPSA) is 74.0 Å². The minimum absolute atomic E-state index is 0.125. The zero-order valence-electron chi connectivity index (χ0n) is 14.1. The Labute approximate surface area is 140 Å². The molecule has 0 aromatic carbocycles. The van der Waals surface area contributed by atoms with E-state index in [1.165, 1.54) is 0 Å². The van der Waals surface area contributed by atoms with Crippen molar-refractivity contribution in [3.63, 3.8) is 0 Å². The van der Waals surface area contributed by atoms with Gasteiger partial charge in [0.05, 0.1) is 5.71 Å². The number of aryl methyl sites for hydroxylation is 1. The molecule has 2 aliphatic heterocycles. The Morgan fingerprint density at radius 3 is 2.42 bits per heavy atom. The molecule has 1 atom stereocenters. The third kappa shape index (κ3) is 3.27. The summed E-state index contributed by atoms with van der Waals surface area (Å²) in [5, 5.41) is 0. The Balaban J connectivity index is 1.70. The van der Waals surface area contributed by atoms with Crippen LogP contribution in [0.2, 0.25) is 0 Å². The van der Waals surface area contributed by atoms with Crippen LogP contribution in [0.4, 0.5) is 10.2 Å². The molecule has 0 bridgehead atoms. The number of aliphatic imine (C=N–C) groups is 2. The van der Waals surface area contributed by atoms with Gasteiger partial charge in [0.25, 0.3) is 5.91 Å². The first-order chi connectivity index (χ1) is 11.5. The maximum Gasteiger partial charge on any atom is 0.289 e. The number of anilines is 1. The molecule has 1 fully saturated rings. The van der Waals surface area contributed by atoms with Crippen molar-refractivity contribution < 1.29 is 9.18 Å². The second kappa shape index (κ2) is 6.62. The minimum atomic E-state index is -1.71. The number of guanidine groups is 1. The largest absolute Gasteiger partial charge is 0.353 e. The normalized spacial score (nSPS) is 21.9. The van der Waals surface area contributed by atoms with E-state index in [-0.39, 0.29) is 11.6 Å². The van der Waals surface area contributed by atoms with Gasteiger partial charge in [0, 0.05) is 37.9 Å². The number of nitrogens with zero attached hydrogens (tertiary/aromatic N) is 6. The van der Waals surface area contributed by atoms with Crippen LogP contribution in [-0.2, 0) is 4.79 Å². The number of rotatable bonds is 2. The predicted octanol–water partition coefficient (Wildman–Crippen LogP) is 1.24. The highest BCUT2D eigenvalue weighted by Gasteiger charge is 2.32. The van der Waals surface area contributed by atoms with Gasteiger partial charge in [-0.05, 0) is 12.8 Å². The minimum Gasteiger partial charge on any atom is -0.353 e. The lowest BCUT2D eigenvalue weighted by Gasteiger charge is -2.36. The summed E-state index contributed by atoms with van der Waals surface area (Å²) < 4.78 is 13.9. The van der Waals surface area contributed by atoms with Crippen LogP contribution in [0.25, 0.3) is 0 Å². The lowest BCUT2D eigenvalue weighted by atomic mass is 10.0. The predicted molar refractivity (Wildman–Crippen MR) is 90.2 cm³/mol. The number of alkyl halides is 1. The Bertz CT molecular complexity index is 694. The van der Waals surface area contributed by atoms with Crippen molar-refractivity contribution in [3.8, 4) is 0 Å². The third-order valence-electron chi connectivity index (χ3n) is 4.18. The molecule has 1 aromatic rings. The van der Waals surface area contributed by atoms with Gasteiger partial charge in [-0.3, -0.25) is 4.79 Å². The lowest BCUT2D eigenvalue weighted by molar-refractivity contribution is -0.120. The molecular weight excluding hydrogens is 311 g/mol. The van der Waals surface area contributed by atoms with E-state index in [2.05, 4.69) is 24.9 Å². The van der Waals surface area contributed by atoms with Crippen LogP contribution in [0.5, 0.6) is 0 Å². The molecule has 8 heteroatoms. The molecule has 7 nitrogen and oxygen atoms in total. The monoisotopic (exact) mass is 332 g/mol. The zero-order chi connectivity index (χ0) is 17.3. The zero-order valence-corrected chi connectivity index (χ0v) is 14.1. The van der Waals surface area contributed by atoms with Crippen LogP contribution in [0, 0.1) is 12.8 Å². The van der Waals surface area contributed by atoms with E-state index in [4.69, 9.17) is 0 Å². The average Bonchev–Trinajstić information content (AvgIpc) is 2.57. The van der Waals surface area contributed by atoms with E-state index in [0.717, 1.165) is 24.6 Å². The van der Waals surface area contributed by atoms with Crippen LogP contribution >= 0.6 is 0 Å². The van der Waals surface area contributed by atoms with Crippen molar-refractivity contribution in [2.75, 3.05) is 31.1 Å². The Hall–Kier alpha value is -2.38. The fraction of sp³-hybridized carbons (Fsp3) is 0.562. The molecule has 3 rings (SSSR count). The number of piperazine rings is 1. The summed E-state index contributed by atoms with van der Waals surface area (Å²) in [4.78, 5) is 32.4. The van der Waals surface area contributed by atoms with Crippen LogP contribution < -0.4 is 4.90 Å². The van der Waals surface area contributed by atoms with Crippen molar-refractivity contribution in [2.45, 2.75) is 26.9 Å². The molecule has 2 aliphatic rings. The van der Waals surface area contributed by atoms with Gasteiger partial charge in [-0.25, -0.2) is 19.4 Å². The summed E-state index contributed by atoms with van der Waals surface area (Å²) in [6.45, 7) is 8.36. The van der Waals surface area contributed by atoms with Gasteiger partial charge < -0.3 is 9.80 Å². The molecule has 0 radical (unpaired) electrons. The molecule has 1 saturated heterocycles. The molecular formula is C16H21FN6O. The smallest absolute Gasteiger partial charge is 0.289 e. The molecule has 0 N–H and O–H groups in total. The number of hydrogen-bond donors (Lipinski definition) is 0. The molecule has 24 heavy (non-hydrogen) atoms. The van der Waals surface area contributed by atoms with E-state index in [1.54, 1.807) is 6.33 Å². The van der Waals surface area contributed by atoms with Gasteiger partial charge >= 0.3 is 0 Å². The first-order valence-corrected chi connectivity index (χ1v) is 8.09. The van der Waals surface area contributed by atoms with Crippen molar-refractivity contribution in [1.29, 1.82) is 0 Å². The van der Waals surface area contributed by atoms with Gasteiger partial charge in [-0.2, -0.15) is 4.99 Å². The van der Waals surface area contributed by atoms with Gasteiger partial charge in [-0.1, -0.05) is 13.8 Å². The molecule has 0 aliphatic carbocycles. The highest BCUT2D eigenvalue weighted by Crippen LogP contribution is 2.18. The van der Waals surface area contributed by atoms with Crippen LogP contribution in [0.3, 0.4) is 0 Å². The van der Waals surface area contributed by atoms with Crippen molar-refractivity contribution in [1.82, 2.24) is 14.9 Å². The molecule has 1 unspecified atom stereocenters. The Morgan fingerprint density at radius 1 is 1.12 bits per heavy atom. The van der Waals surface area contributed by atoms with Crippen LogP contribution in [0.1, 0.15) is 19.5 Å². The number of halogens is 1. The lowest BCUT2D eigenvalue weighted by Crippen LogP contribution is -2.50. The van der Waals surface area contributed by atoms with E-state index in [1.807, 2.05) is 31.7 Å². The second-order valence-electron chi connectivity index (χ2n) is 6.30. The van der Waals surface area contributed by atoms with E-state index in [9.17, 15) is 9.18 Å². The summed E-state index contributed by atoms with van der Waals surface area (Å²) >= 11 is 0. The number of amides is 1. The Morgan fingerprint density at radius 2 is 1.79 bits per heavy atom. The highest BCUT2D eigenvalue weighted by molar-refractivity contribution is 6.18. The van der Waals surface area contributed by atoms with Crippen molar-refractivity contribution in [2.24, 2.45) is 15.9 Å². The molecule has 1 amide bonds. The second-order valence-corrected chi connectivity index (χ2v) is 6.30. The summed E-state index contributed by atoms with van der Waals surface area (Å²) in [6.07, 6.45) is -0.152. The number of carbonyl (C=O) groups excluding carboxylic acids is 1. The fourth-order valence-corrected chi connectivity index (χ4v) is 2.79. The Kier molecular flexibility index (Phi) is 4.55. The van der Waals surface area contributed by atoms with E-state index >= 15 is 0 Å². The molecule has 128 valence electrons. The van der Waals surface area contributed by atoms with Crippen molar-refractivity contribution >= 4 is 23.4 Å². The molecule has 3 heterocycles. The van der Waals surface area contributed by atoms with Gasteiger partial charge in [0.15, 0.2) is 0 Å². The van der Waals surface area contributed by atoms with E-state index in [0.29, 0.717) is 19.0 Å². The average molecular weight is 332 g/mol. The molecule has 1 aromatic heterocycles. The fourth-order valence-electron chi connectivity index (χ4n) is 2.79. The van der Waals surface area contributed by atoms with E-state index < -0.39 is 12.1 Å². The summed E-state index contributed by atoms with van der Waals surface area (Å²) in [6, 6.07) is 1.94. The summed E-state index contributed by atoms with van der Waals surface area (Å²) in [5.74, 6) is 0.340. The SMILES string of the molecule is Cc1cc(N2CCN(C3=NC(=O)C(F)C(C(C)C)=N3)CC2)ncn1. The van der Waals surface area contributed by atoms with Crippen LogP contribution in [0.15, 0.2) is 22.4 Å². The van der Waals surface area contributed by atoms with Gasteiger partial charge in [0.2, 0.25) is 12.1 Å². The summed E-state index contributed by atoms with van der Waals surface area (Å²) in [5.41, 5.74) is 1.18.